The fourth-order valence-electron chi connectivity index (χ4n) is 3.31. The molecule has 1 saturated carbocycles. The van der Waals surface area contributed by atoms with Gasteiger partial charge in [0.15, 0.2) is 0 Å². The Morgan fingerprint density at radius 2 is 2.00 bits per heavy atom. The molecule has 0 bridgehead atoms. The van der Waals surface area contributed by atoms with Gasteiger partial charge in [0.1, 0.15) is 0 Å². The molecule has 0 aromatic carbocycles. The van der Waals surface area contributed by atoms with E-state index in [9.17, 15) is 0 Å². The van der Waals surface area contributed by atoms with E-state index in [1.807, 2.05) is 0 Å². The van der Waals surface area contributed by atoms with E-state index >= 15 is 0 Å². The molecule has 1 aliphatic carbocycles. The summed E-state index contributed by atoms with van der Waals surface area (Å²) in [5.74, 6) is 0.971. The highest BCUT2D eigenvalue weighted by Gasteiger charge is 2.35. The lowest BCUT2D eigenvalue weighted by atomic mass is 9.88. The van der Waals surface area contributed by atoms with E-state index in [1.165, 1.54) is 38.6 Å². The summed E-state index contributed by atoms with van der Waals surface area (Å²) in [4.78, 5) is 2.67. The van der Waals surface area contributed by atoms with E-state index in [2.05, 4.69) is 24.8 Å². The summed E-state index contributed by atoms with van der Waals surface area (Å²) in [6.07, 6.45) is 8.11. The Hall–Kier alpha value is -0.550. The van der Waals surface area contributed by atoms with Crippen LogP contribution in [0.25, 0.3) is 0 Å². The molecule has 2 unspecified atom stereocenters. The molecule has 2 atom stereocenters. The summed E-state index contributed by atoms with van der Waals surface area (Å²) in [5.41, 5.74) is -0.147. The van der Waals surface area contributed by atoms with Crippen molar-refractivity contribution in [2.24, 2.45) is 11.3 Å². The smallest absolute Gasteiger partial charge is 0.0684 e. The van der Waals surface area contributed by atoms with Gasteiger partial charge in [0.05, 0.1) is 11.5 Å². The number of hydrogen-bond acceptors (Lipinski definition) is 2. The second-order valence-corrected chi connectivity index (χ2v) is 6.18. The summed E-state index contributed by atoms with van der Waals surface area (Å²) in [7, 11) is 0. The highest BCUT2D eigenvalue weighted by atomic mass is 15.2. The van der Waals surface area contributed by atoms with Crippen LogP contribution in [0, 0.1) is 22.7 Å². The third-order valence-electron chi connectivity index (χ3n) is 4.43. The highest BCUT2D eigenvalue weighted by molar-refractivity contribution is 4.94. The Balaban J connectivity index is 1.87. The van der Waals surface area contributed by atoms with Gasteiger partial charge in [-0.3, -0.25) is 0 Å². The number of fused-ring (bicyclic) bond motifs is 1. The Morgan fingerprint density at radius 3 is 2.75 bits per heavy atom. The first-order chi connectivity index (χ1) is 7.62. The van der Waals surface area contributed by atoms with E-state index in [4.69, 9.17) is 5.26 Å². The number of rotatable bonds is 3. The van der Waals surface area contributed by atoms with Crippen LogP contribution in [0.2, 0.25) is 0 Å². The van der Waals surface area contributed by atoms with Gasteiger partial charge < -0.3 is 4.90 Å². The molecule has 2 nitrogen and oxygen atoms in total. The molecule has 2 fully saturated rings. The number of likely N-dealkylation sites (tertiary alicyclic amines) is 1. The quantitative estimate of drug-likeness (QED) is 0.730. The minimum atomic E-state index is -0.147. The number of nitrogens with zero attached hydrogens (tertiary/aromatic N) is 2. The van der Waals surface area contributed by atoms with Crippen molar-refractivity contribution in [3.8, 4) is 6.07 Å². The van der Waals surface area contributed by atoms with Crippen molar-refractivity contribution in [1.29, 1.82) is 5.26 Å². The van der Waals surface area contributed by atoms with Crippen molar-refractivity contribution in [2.45, 2.75) is 58.4 Å². The molecule has 2 aliphatic rings. The van der Waals surface area contributed by atoms with Crippen LogP contribution in [0.5, 0.6) is 0 Å². The summed E-state index contributed by atoms with van der Waals surface area (Å²) >= 11 is 0. The average molecular weight is 220 g/mol. The molecule has 1 aliphatic heterocycles. The summed E-state index contributed by atoms with van der Waals surface area (Å²) in [5, 5.41) is 9.04. The average Bonchev–Trinajstić information content (AvgIpc) is 2.75. The van der Waals surface area contributed by atoms with Crippen molar-refractivity contribution in [1.82, 2.24) is 4.90 Å². The first kappa shape index (κ1) is 11.9. The fraction of sp³-hybridized carbons (Fsp3) is 0.929. The topological polar surface area (TPSA) is 27.0 Å². The van der Waals surface area contributed by atoms with E-state index < -0.39 is 0 Å². The van der Waals surface area contributed by atoms with Crippen molar-refractivity contribution < 1.29 is 0 Å². The van der Waals surface area contributed by atoms with E-state index in [0.717, 1.165) is 24.9 Å². The third kappa shape index (κ3) is 2.58. The molecule has 0 N–H and O–H groups in total. The van der Waals surface area contributed by atoms with Crippen LogP contribution in [0.15, 0.2) is 0 Å². The van der Waals surface area contributed by atoms with Crippen molar-refractivity contribution in [3.63, 3.8) is 0 Å². The standard InChI is InChI=1S/C14H24N2/c1-14(2,11-15)8-10-16-9-4-6-12-5-3-7-13(12)16/h12-13H,3-10H2,1-2H3. The van der Waals surface area contributed by atoms with Crippen LogP contribution in [-0.2, 0) is 0 Å². The number of piperidine rings is 1. The molecule has 90 valence electrons. The molecular formula is C14H24N2. The number of hydrogen-bond donors (Lipinski definition) is 0. The minimum absolute atomic E-state index is 0.147. The molecule has 16 heavy (non-hydrogen) atoms. The zero-order valence-electron chi connectivity index (χ0n) is 10.7. The van der Waals surface area contributed by atoms with Crippen LogP contribution in [-0.4, -0.2) is 24.0 Å². The van der Waals surface area contributed by atoms with E-state index in [-0.39, 0.29) is 5.41 Å². The fourth-order valence-corrected chi connectivity index (χ4v) is 3.31. The minimum Gasteiger partial charge on any atom is -0.300 e. The largest absolute Gasteiger partial charge is 0.300 e. The molecule has 2 heteroatoms. The summed E-state index contributed by atoms with van der Waals surface area (Å²) in [6, 6.07) is 3.26. The van der Waals surface area contributed by atoms with Gasteiger partial charge in [-0.2, -0.15) is 5.26 Å². The number of nitriles is 1. The molecule has 1 saturated heterocycles. The Kier molecular flexibility index (Phi) is 3.54. The molecular weight excluding hydrogens is 196 g/mol. The molecule has 0 aromatic rings. The highest BCUT2D eigenvalue weighted by Crippen LogP contribution is 2.37. The summed E-state index contributed by atoms with van der Waals surface area (Å²) in [6.45, 7) is 6.51. The Morgan fingerprint density at radius 1 is 1.25 bits per heavy atom. The monoisotopic (exact) mass is 220 g/mol. The Bertz CT molecular complexity index is 277. The van der Waals surface area contributed by atoms with Gasteiger partial charge in [-0.05, 0) is 65.0 Å². The van der Waals surface area contributed by atoms with Crippen LogP contribution >= 0.6 is 0 Å². The molecule has 1 heterocycles. The van der Waals surface area contributed by atoms with Gasteiger partial charge in [-0.25, -0.2) is 0 Å². The first-order valence-electron chi connectivity index (χ1n) is 6.78. The zero-order chi connectivity index (χ0) is 11.6. The maximum Gasteiger partial charge on any atom is 0.0684 e. The van der Waals surface area contributed by atoms with Crippen molar-refractivity contribution >= 4 is 0 Å². The predicted molar refractivity (Wildman–Crippen MR) is 65.9 cm³/mol. The van der Waals surface area contributed by atoms with Gasteiger partial charge >= 0.3 is 0 Å². The molecule has 0 radical (unpaired) electrons. The van der Waals surface area contributed by atoms with Gasteiger partial charge in [-0.1, -0.05) is 6.42 Å². The van der Waals surface area contributed by atoms with Gasteiger partial charge in [-0.15, -0.1) is 0 Å². The lowest BCUT2D eigenvalue weighted by Crippen LogP contribution is -2.43. The van der Waals surface area contributed by atoms with Crippen LogP contribution < -0.4 is 0 Å². The Labute approximate surface area is 99.6 Å². The lowest BCUT2D eigenvalue weighted by Gasteiger charge is -2.38. The molecule has 0 amide bonds. The zero-order valence-corrected chi connectivity index (χ0v) is 10.7. The molecule has 2 rings (SSSR count). The van der Waals surface area contributed by atoms with Crippen LogP contribution in [0.1, 0.15) is 52.4 Å². The summed E-state index contributed by atoms with van der Waals surface area (Å²) < 4.78 is 0. The normalized spacial score (nSPS) is 31.1. The second kappa shape index (κ2) is 4.75. The van der Waals surface area contributed by atoms with E-state index in [1.54, 1.807) is 0 Å². The molecule has 0 aromatic heterocycles. The first-order valence-corrected chi connectivity index (χ1v) is 6.78. The van der Waals surface area contributed by atoms with Crippen LogP contribution in [0.4, 0.5) is 0 Å². The second-order valence-electron chi connectivity index (χ2n) is 6.18. The van der Waals surface area contributed by atoms with Gasteiger partial charge in [0.25, 0.3) is 0 Å². The maximum absolute atomic E-state index is 9.04. The third-order valence-corrected chi connectivity index (χ3v) is 4.43. The maximum atomic E-state index is 9.04. The molecule has 0 spiro atoms. The van der Waals surface area contributed by atoms with E-state index in [0.29, 0.717) is 0 Å². The van der Waals surface area contributed by atoms with Gasteiger partial charge in [0, 0.05) is 6.04 Å². The lowest BCUT2D eigenvalue weighted by molar-refractivity contribution is 0.103. The van der Waals surface area contributed by atoms with Crippen molar-refractivity contribution in [2.75, 3.05) is 13.1 Å². The van der Waals surface area contributed by atoms with Crippen molar-refractivity contribution in [3.05, 3.63) is 0 Å². The van der Waals surface area contributed by atoms with Crippen LogP contribution in [0.3, 0.4) is 0 Å². The predicted octanol–water partition coefficient (Wildman–Crippen LogP) is 3.19. The van der Waals surface area contributed by atoms with Gasteiger partial charge in [0.2, 0.25) is 0 Å². The SMILES string of the molecule is CC(C)(C#N)CCN1CCCC2CCCC21.